The van der Waals surface area contributed by atoms with Gasteiger partial charge in [-0.1, -0.05) is 20.8 Å². The van der Waals surface area contributed by atoms with Crippen LogP contribution in [0.3, 0.4) is 0 Å². The van der Waals surface area contributed by atoms with Crippen LogP contribution >= 0.6 is 0 Å². The standard InChI is InChI=1S/C6H17N3/c1-6(2,3)4-8-5-9-7/h8-9H,4-5,7H2,1-3H3. The molecule has 0 aliphatic rings. The third-order valence-corrected chi connectivity index (χ3v) is 0.882. The molecule has 0 rings (SSSR count). The van der Waals surface area contributed by atoms with Crippen molar-refractivity contribution in [2.45, 2.75) is 20.8 Å². The Hall–Kier alpha value is -0.120. The molecule has 0 atom stereocenters. The number of hydrogen-bond acceptors (Lipinski definition) is 3. The summed E-state index contributed by atoms with van der Waals surface area (Å²) in [6.45, 7) is 8.19. The maximum Gasteiger partial charge on any atom is 0.0587 e. The van der Waals surface area contributed by atoms with Crippen LogP contribution in [0.1, 0.15) is 20.8 Å². The predicted octanol–water partition coefficient (Wildman–Crippen LogP) is 0.0429. The second kappa shape index (κ2) is 3.82. The molecule has 0 aliphatic heterocycles. The molecule has 0 fully saturated rings. The number of hydrazine groups is 1. The second-order valence-electron chi connectivity index (χ2n) is 3.37. The topological polar surface area (TPSA) is 50.1 Å². The molecule has 9 heavy (non-hydrogen) atoms. The van der Waals surface area contributed by atoms with E-state index in [1.807, 2.05) is 0 Å². The van der Waals surface area contributed by atoms with E-state index in [2.05, 4.69) is 31.5 Å². The normalized spacial score (nSPS) is 12.0. The first kappa shape index (κ1) is 8.88. The Bertz CT molecular complexity index is 65.2. The summed E-state index contributed by atoms with van der Waals surface area (Å²) in [5.74, 6) is 5.05. The zero-order valence-electron chi connectivity index (χ0n) is 6.49. The summed E-state index contributed by atoms with van der Waals surface area (Å²) in [5, 5.41) is 3.14. The van der Waals surface area contributed by atoms with Crippen LogP contribution in [0.4, 0.5) is 0 Å². The van der Waals surface area contributed by atoms with Gasteiger partial charge in [-0.2, -0.15) is 0 Å². The van der Waals surface area contributed by atoms with E-state index >= 15 is 0 Å². The van der Waals surface area contributed by atoms with Crippen LogP contribution in [-0.4, -0.2) is 13.2 Å². The van der Waals surface area contributed by atoms with E-state index in [1.54, 1.807) is 0 Å². The predicted molar refractivity (Wildman–Crippen MR) is 39.6 cm³/mol. The largest absolute Gasteiger partial charge is 0.303 e. The zero-order valence-corrected chi connectivity index (χ0v) is 6.49. The van der Waals surface area contributed by atoms with Crippen molar-refractivity contribution in [3.8, 4) is 0 Å². The Balaban J connectivity index is 3.07. The van der Waals surface area contributed by atoms with E-state index in [1.165, 1.54) is 0 Å². The van der Waals surface area contributed by atoms with Gasteiger partial charge in [-0.05, 0) is 5.41 Å². The molecule has 0 bridgehead atoms. The van der Waals surface area contributed by atoms with E-state index < -0.39 is 0 Å². The molecule has 0 saturated carbocycles. The average Bonchev–Trinajstić information content (AvgIpc) is 1.63. The first-order chi connectivity index (χ1) is 4.06. The van der Waals surface area contributed by atoms with E-state index in [-0.39, 0.29) is 0 Å². The molecule has 3 heteroatoms. The lowest BCUT2D eigenvalue weighted by Crippen LogP contribution is -2.37. The van der Waals surface area contributed by atoms with Gasteiger partial charge in [0, 0.05) is 6.54 Å². The molecule has 0 aromatic carbocycles. The highest BCUT2D eigenvalue weighted by atomic mass is 15.3. The number of hydrogen-bond donors (Lipinski definition) is 3. The maximum atomic E-state index is 5.05. The molecule has 0 amide bonds. The lowest BCUT2D eigenvalue weighted by molar-refractivity contribution is 0.373. The van der Waals surface area contributed by atoms with E-state index in [0.29, 0.717) is 12.1 Å². The van der Waals surface area contributed by atoms with Gasteiger partial charge >= 0.3 is 0 Å². The van der Waals surface area contributed by atoms with Gasteiger partial charge < -0.3 is 5.32 Å². The fraction of sp³-hybridized carbons (Fsp3) is 1.00. The SMILES string of the molecule is CC(C)(C)CNCNN. The molecule has 0 heterocycles. The van der Waals surface area contributed by atoms with Crippen molar-refractivity contribution >= 4 is 0 Å². The van der Waals surface area contributed by atoms with Gasteiger partial charge in [0.1, 0.15) is 0 Å². The van der Waals surface area contributed by atoms with E-state index in [4.69, 9.17) is 5.84 Å². The molecule has 3 nitrogen and oxygen atoms in total. The van der Waals surface area contributed by atoms with Crippen molar-refractivity contribution in [3.63, 3.8) is 0 Å². The minimum atomic E-state index is 0.344. The first-order valence-electron chi connectivity index (χ1n) is 3.20. The van der Waals surface area contributed by atoms with Crippen molar-refractivity contribution in [1.82, 2.24) is 10.7 Å². The van der Waals surface area contributed by atoms with Crippen LogP contribution < -0.4 is 16.6 Å². The molecular weight excluding hydrogens is 114 g/mol. The molecule has 0 aromatic rings. The highest BCUT2D eigenvalue weighted by Gasteiger charge is 2.07. The Morgan fingerprint density at radius 3 is 2.22 bits per heavy atom. The minimum Gasteiger partial charge on any atom is -0.303 e. The number of nitrogens with two attached hydrogens (primary N) is 1. The smallest absolute Gasteiger partial charge is 0.0587 e. The van der Waals surface area contributed by atoms with Gasteiger partial charge in [0.05, 0.1) is 6.67 Å². The van der Waals surface area contributed by atoms with Crippen LogP contribution in [0, 0.1) is 5.41 Å². The van der Waals surface area contributed by atoms with Crippen LogP contribution in [0.5, 0.6) is 0 Å². The summed E-state index contributed by atoms with van der Waals surface area (Å²) in [7, 11) is 0. The Labute approximate surface area is 57.0 Å². The molecule has 0 aromatic heterocycles. The Kier molecular flexibility index (Phi) is 3.77. The summed E-state index contributed by atoms with van der Waals surface area (Å²) in [5.41, 5.74) is 2.87. The summed E-state index contributed by atoms with van der Waals surface area (Å²) in [4.78, 5) is 0. The molecule has 0 aliphatic carbocycles. The Morgan fingerprint density at radius 1 is 1.33 bits per heavy atom. The molecule has 0 spiro atoms. The first-order valence-corrected chi connectivity index (χ1v) is 3.20. The summed E-state index contributed by atoms with van der Waals surface area (Å²) >= 11 is 0. The van der Waals surface area contributed by atoms with Crippen molar-refractivity contribution < 1.29 is 0 Å². The highest BCUT2D eigenvalue weighted by molar-refractivity contribution is 4.63. The van der Waals surface area contributed by atoms with Gasteiger partial charge in [-0.3, -0.25) is 5.84 Å². The Morgan fingerprint density at radius 2 is 1.89 bits per heavy atom. The molecule has 56 valence electrons. The van der Waals surface area contributed by atoms with Gasteiger partial charge in [-0.15, -0.1) is 0 Å². The van der Waals surface area contributed by atoms with Gasteiger partial charge in [-0.25, -0.2) is 5.43 Å². The fourth-order valence-electron chi connectivity index (χ4n) is 0.510. The third kappa shape index (κ3) is 7.88. The molecule has 4 N–H and O–H groups in total. The van der Waals surface area contributed by atoms with Crippen molar-refractivity contribution in [1.29, 1.82) is 0 Å². The van der Waals surface area contributed by atoms with Crippen molar-refractivity contribution in [3.05, 3.63) is 0 Å². The van der Waals surface area contributed by atoms with Crippen LogP contribution in [0.15, 0.2) is 0 Å². The van der Waals surface area contributed by atoms with Crippen LogP contribution in [-0.2, 0) is 0 Å². The minimum absolute atomic E-state index is 0.344. The zero-order chi connectivity index (χ0) is 7.33. The number of nitrogens with one attached hydrogen (secondary N) is 2. The fourth-order valence-corrected chi connectivity index (χ4v) is 0.510. The molecule has 0 saturated heterocycles. The lowest BCUT2D eigenvalue weighted by atomic mass is 9.97. The third-order valence-electron chi connectivity index (χ3n) is 0.882. The molecule has 0 radical (unpaired) electrons. The van der Waals surface area contributed by atoms with Crippen molar-refractivity contribution in [2.24, 2.45) is 11.3 Å². The highest BCUT2D eigenvalue weighted by Crippen LogP contribution is 2.09. The lowest BCUT2D eigenvalue weighted by Gasteiger charge is -2.18. The quantitative estimate of drug-likeness (QED) is 0.219. The van der Waals surface area contributed by atoms with Gasteiger partial charge in [0.15, 0.2) is 0 Å². The monoisotopic (exact) mass is 131 g/mol. The van der Waals surface area contributed by atoms with Gasteiger partial charge in [0.2, 0.25) is 0 Å². The van der Waals surface area contributed by atoms with Gasteiger partial charge in [0.25, 0.3) is 0 Å². The van der Waals surface area contributed by atoms with E-state index in [0.717, 1.165) is 6.54 Å². The van der Waals surface area contributed by atoms with Crippen LogP contribution in [0.25, 0.3) is 0 Å². The summed E-state index contributed by atoms with van der Waals surface area (Å²) in [6.07, 6.45) is 0. The summed E-state index contributed by atoms with van der Waals surface area (Å²) in [6, 6.07) is 0. The van der Waals surface area contributed by atoms with E-state index in [9.17, 15) is 0 Å². The average molecular weight is 131 g/mol. The summed E-state index contributed by atoms with van der Waals surface area (Å²) < 4.78 is 0. The molecular formula is C6H17N3. The maximum absolute atomic E-state index is 5.05. The number of rotatable bonds is 3. The van der Waals surface area contributed by atoms with Crippen LogP contribution in [0.2, 0.25) is 0 Å². The molecule has 0 unspecified atom stereocenters. The van der Waals surface area contributed by atoms with Crippen molar-refractivity contribution in [2.75, 3.05) is 13.2 Å². The second-order valence-corrected chi connectivity index (χ2v) is 3.37.